The summed E-state index contributed by atoms with van der Waals surface area (Å²) in [4.78, 5) is 12.1. The maximum absolute atomic E-state index is 12.4. The normalized spacial score (nSPS) is 11.6. The van der Waals surface area contributed by atoms with Gasteiger partial charge in [-0.2, -0.15) is 0 Å². The van der Waals surface area contributed by atoms with Crippen molar-refractivity contribution in [1.29, 1.82) is 0 Å². The molecule has 26 heavy (non-hydrogen) atoms. The Kier molecular flexibility index (Phi) is 6.10. The predicted molar refractivity (Wildman–Crippen MR) is 109 cm³/mol. The zero-order valence-corrected chi connectivity index (χ0v) is 16.3. The minimum absolute atomic E-state index is 0.152. The van der Waals surface area contributed by atoms with Crippen molar-refractivity contribution in [1.82, 2.24) is 0 Å². The van der Waals surface area contributed by atoms with Crippen molar-refractivity contribution < 1.29 is 8.95 Å². The van der Waals surface area contributed by atoms with Gasteiger partial charge in [-0.3, -0.25) is 9.00 Å². The quantitative estimate of drug-likeness (QED) is 0.607. The molecule has 0 aliphatic rings. The lowest BCUT2D eigenvalue weighted by Crippen LogP contribution is -2.03. The lowest BCUT2D eigenvalue weighted by atomic mass is 10.2. The Morgan fingerprint density at radius 3 is 2.65 bits per heavy atom. The van der Waals surface area contributed by atoms with E-state index < -0.39 is 10.8 Å². The molecule has 1 aromatic heterocycles. The van der Waals surface area contributed by atoms with Gasteiger partial charge in [0.15, 0.2) is 5.43 Å². The summed E-state index contributed by atoms with van der Waals surface area (Å²) in [6, 6.07) is 14.2. The smallest absolute Gasteiger partial charge is 0.189 e. The Bertz CT molecular complexity index is 1080. The van der Waals surface area contributed by atoms with E-state index in [0.717, 1.165) is 16.0 Å². The van der Waals surface area contributed by atoms with E-state index in [-0.39, 0.29) is 17.8 Å². The van der Waals surface area contributed by atoms with E-state index in [0.29, 0.717) is 14.6 Å². The first-order valence-corrected chi connectivity index (χ1v) is 10.3. The molecular formula is C20H15ClO3S2. The summed E-state index contributed by atoms with van der Waals surface area (Å²) in [5.41, 5.74) is 1.00. The van der Waals surface area contributed by atoms with Gasteiger partial charge in [-0.25, -0.2) is 0 Å². The molecule has 3 nitrogen and oxygen atoms in total. The highest BCUT2D eigenvalue weighted by atomic mass is 35.5. The highest BCUT2D eigenvalue weighted by Gasteiger charge is 2.08. The summed E-state index contributed by atoms with van der Waals surface area (Å²) in [6.07, 6.45) is 0. The van der Waals surface area contributed by atoms with Crippen molar-refractivity contribution in [2.45, 2.75) is 11.1 Å². The van der Waals surface area contributed by atoms with Gasteiger partial charge in [0, 0.05) is 21.2 Å². The van der Waals surface area contributed by atoms with Crippen molar-refractivity contribution >= 4 is 43.8 Å². The summed E-state index contributed by atoms with van der Waals surface area (Å²) < 4.78 is 19.1. The monoisotopic (exact) mass is 402 g/mol. The first kappa shape index (κ1) is 18.7. The molecule has 3 aromatic rings. The average Bonchev–Trinajstić information content (AvgIpc) is 2.62. The largest absolute Gasteiger partial charge is 0.481 e. The van der Waals surface area contributed by atoms with Crippen molar-refractivity contribution in [2.75, 3.05) is 12.4 Å². The zero-order chi connectivity index (χ0) is 18.5. The van der Waals surface area contributed by atoms with Crippen LogP contribution >= 0.6 is 22.9 Å². The van der Waals surface area contributed by atoms with Crippen molar-refractivity contribution in [2.24, 2.45) is 0 Å². The lowest BCUT2D eigenvalue weighted by molar-refractivity contribution is 0.370. The SMILES string of the molecule is Cc1ccc(OCC#CCS(=O)c2cc(=O)c3ccc(Cl)cc3s2)cc1. The second kappa shape index (κ2) is 8.50. The fourth-order valence-electron chi connectivity index (χ4n) is 2.21. The van der Waals surface area contributed by atoms with Crippen LogP contribution in [0.25, 0.3) is 10.1 Å². The van der Waals surface area contributed by atoms with Gasteiger partial charge >= 0.3 is 0 Å². The average molecular weight is 403 g/mol. The number of fused-ring (bicyclic) bond motifs is 1. The van der Waals surface area contributed by atoms with Crippen LogP contribution in [0.15, 0.2) is 57.5 Å². The molecule has 1 unspecified atom stereocenters. The second-order valence-electron chi connectivity index (χ2n) is 5.52. The molecule has 0 bridgehead atoms. The Morgan fingerprint density at radius 2 is 1.88 bits per heavy atom. The van der Waals surface area contributed by atoms with Crippen LogP contribution in [0.3, 0.4) is 0 Å². The number of halogens is 1. The van der Waals surface area contributed by atoms with Crippen molar-refractivity contribution in [3.05, 3.63) is 69.3 Å². The summed E-state index contributed by atoms with van der Waals surface area (Å²) in [6.45, 7) is 2.23. The molecule has 1 atom stereocenters. The molecule has 6 heteroatoms. The maximum Gasteiger partial charge on any atom is 0.189 e. The van der Waals surface area contributed by atoms with Gasteiger partial charge in [0.1, 0.15) is 12.4 Å². The van der Waals surface area contributed by atoms with Crippen LogP contribution < -0.4 is 10.2 Å². The van der Waals surface area contributed by atoms with E-state index in [2.05, 4.69) is 11.8 Å². The summed E-state index contributed by atoms with van der Waals surface area (Å²) in [7, 11) is -1.36. The van der Waals surface area contributed by atoms with Crippen LogP contribution in [-0.2, 0) is 10.8 Å². The minimum Gasteiger partial charge on any atom is -0.481 e. The van der Waals surface area contributed by atoms with Crippen molar-refractivity contribution in [3.8, 4) is 17.6 Å². The Labute approximate surface area is 163 Å². The van der Waals surface area contributed by atoms with Gasteiger partial charge in [0.05, 0.1) is 20.8 Å². The van der Waals surface area contributed by atoms with Gasteiger partial charge in [-0.05, 0) is 37.3 Å². The Balaban J connectivity index is 1.64. The summed E-state index contributed by atoms with van der Waals surface area (Å²) >= 11 is 7.27. The van der Waals surface area contributed by atoms with E-state index >= 15 is 0 Å². The Hall–Kier alpha value is -2.13. The number of aryl methyl sites for hydroxylation is 1. The van der Waals surface area contributed by atoms with Crippen LogP contribution in [0.5, 0.6) is 5.75 Å². The number of ether oxygens (including phenoxy) is 1. The molecule has 0 fully saturated rings. The highest BCUT2D eigenvalue weighted by molar-refractivity contribution is 7.87. The molecule has 2 aromatic carbocycles. The topological polar surface area (TPSA) is 43.4 Å². The molecular weight excluding hydrogens is 388 g/mol. The molecule has 3 rings (SSSR count). The first-order valence-electron chi connectivity index (χ1n) is 7.80. The fourth-order valence-corrected chi connectivity index (χ4v) is 4.73. The van der Waals surface area contributed by atoms with E-state index in [1.807, 2.05) is 31.2 Å². The van der Waals surface area contributed by atoms with Crippen LogP contribution in [0.1, 0.15) is 5.56 Å². The van der Waals surface area contributed by atoms with Gasteiger partial charge in [0.2, 0.25) is 0 Å². The maximum atomic E-state index is 12.4. The predicted octanol–water partition coefficient (Wildman–Crippen LogP) is 4.41. The highest BCUT2D eigenvalue weighted by Crippen LogP contribution is 2.24. The standard InChI is InChI=1S/C20H15ClO3S2/c1-14-4-7-16(8-5-14)24-10-2-3-11-26(23)20-13-18(22)17-9-6-15(21)12-19(17)25-20/h4-9,12-13H,10-11H2,1H3. The van der Waals surface area contributed by atoms with Crippen molar-refractivity contribution in [3.63, 3.8) is 0 Å². The third kappa shape index (κ3) is 4.73. The van der Waals surface area contributed by atoms with E-state index in [1.165, 1.54) is 17.4 Å². The molecule has 0 aliphatic heterocycles. The third-order valence-corrected chi connectivity index (χ3v) is 6.45. The fraction of sp³-hybridized carbons (Fsp3) is 0.150. The van der Waals surface area contributed by atoms with Gasteiger partial charge in [-0.1, -0.05) is 41.1 Å². The molecule has 0 radical (unpaired) electrons. The molecule has 0 amide bonds. The van der Waals surface area contributed by atoms with E-state index in [9.17, 15) is 9.00 Å². The van der Waals surface area contributed by atoms with Crippen LogP contribution in [0.4, 0.5) is 0 Å². The van der Waals surface area contributed by atoms with Crippen LogP contribution in [-0.4, -0.2) is 16.6 Å². The minimum atomic E-state index is -1.36. The summed E-state index contributed by atoms with van der Waals surface area (Å²) in [5.74, 6) is 6.60. The number of hydrogen-bond acceptors (Lipinski definition) is 4. The zero-order valence-electron chi connectivity index (χ0n) is 14.0. The van der Waals surface area contributed by atoms with Gasteiger partial charge in [-0.15, -0.1) is 11.3 Å². The molecule has 132 valence electrons. The molecule has 1 heterocycles. The third-order valence-electron chi connectivity index (χ3n) is 3.55. The first-order chi connectivity index (χ1) is 12.5. The van der Waals surface area contributed by atoms with E-state index in [4.69, 9.17) is 16.3 Å². The molecule has 0 N–H and O–H groups in total. The Morgan fingerprint density at radius 1 is 1.12 bits per heavy atom. The lowest BCUT2D eigenvalue weighted by Gasteiger charge is -2.02. The number of benzene rings is 2. The molecule has 0 saturated heterocycles. The van der Waals surface area contributed by atoms with Crippen LogP contribution in [0.2, 0.25) is 5.02 Å². The molecule has 0 spiro atoms. The number of rotatable bonds is 4. The van der Waals surface area contributed by atoms with Gasteiger partial charge < -0.3 is 4.74 Å². The number of hydrogen-bond donors (Lipinski definition) is 0. The second-order valence-corrected chi connectivity index (χ2v) is 8.71. The van der Waals surface area contributed by atoms with Crippen LogP contribution in [0, 0.1) is 18.8 Å². The van der Waals surface area contributed by atoms with E-state index in [1.54, 1.807) is 18.2 Å². The molecule has 0 aliphatic carbocycles. The summed E-state index contributed by atoms with van der Waals surface area (Å²) in [5, 5.41) is 1.13. The van der Waals surface area contributed by atoms with Gasteiger partial charge in [0.25, 0.3) is 0 Å². The molecule has 0 saturated carbocycles.